The summed E-state index contributed by atoms with van der Waals surface area (Å²) in [5.74, 6) is 1.64. The lowest BCUT2D eigenvalue weighted by Gasteiger charge is -2.34. The average molecular weight is 318 g/mol. The number of rotatable bonds is 4. The lowest BCUT2D eigenvalue weighted by molar-refractivity contribution is 0.0989. The molecule has 3 rings (SSSR count). The van der Waals surface area contributed by atoms with Gasteiger partial charge in [0.1, 0.15) is 5.82 Å². The Balaban J connectivity index is 1.59. The molecule has 1 aliphatic heterocycles. The number of fused-ring (bicyclic) bond motifs is 1. The van der Waals surface area contributed by atoms with Gasteiger partial charge in [-0.25, -0.2) is 4.79 Å². The van der Waals surface area contributed by atoms with E-state index in [2.05, 4.69) is 27.1 Å². The molecule has 0 unspecified atom stereocenters. The molecule has 1 saturated heterocycles. The van der Waals surface area contributed by atoms with E-state index in [1.165, 1.54) is 0 Å². The zero-order valence-electron chi connectivity index (χ0n) is 13.6. The lowest BCUT2D eigenvalue weighted by atomic mass is 10.3. The van der Waals surface area contributed by atoms with Gasteiger partial charge in [0, 0.05) is 26.2 Å². The van der Waals surface area contributed by atoms with E-state index in [-0.39, 0.29) is 6.09 Å². The van der Waals surface area contributed by atoms with Crippen LogP contribution in [0.4, 0.5) is 10.6 Å². The van der Waals surface area contributed by atoms with Crippen LogP contribution in [0.3, 0.4) is 0 Å². The van der Waals surface area contributed by atoms with Crippen molar-refractivity contribution in [1.29, 1.82) is 0 Å². The van der Waals surface area contributed by atoms with Crippen LogP contribution in [-0.2, 0) is 4.74 Å². The number of anilines is 1. The first-order chi connectivity index (χ1) is 11.2. The Morgan fingerprint density at radius 2 is 2.00 bits per heavy atom. The molecule has 2 aromatic rings. The number of carbonyl (C=O) groups is 1. The number of nitrogens with zero attached hydrogens (tertiary/aromatic N) is 6. The number of ether oxygens (including phenoxy) is 1. The van der Waals surface area contributed by atoms with Crippen LogP contribution < -0.4 is 4.90 Å². The Kier molecular flexibility index (Phi) is 4.59. The van der Waals surface area contributed by atoms with Crippen molar-refractivity contribution in [2.75, 3.05) is 37.7 Å². The van der Waals surface area contributed by atoms with E-state index in [4.69, 9.17) is 4.74 Å². The summed E-state index contributed by atoms with van der Waals surface area (Å²) in [6, 6.07) is 3.85. The van der Waals surface area contributed by atoms with Gasteiger partial charge in [-0.2, -0.15) is 4.52 Å². The first-order valence-corrected chi connectivity index (χ1v) is 8.04. The number of unbranched alkanes of at least 4 members (excludes halogenated alkanes) is 1. The minimum atomic E-state index is -0.212. The van der Waals surface area contributed by atoms with Gasteiger partial charge in [0.15, 0.2) is 11.5 Å². The number of hydrogen-bond acceptors (Lipinski definition) is 6. The molecular weight excluding hydrogens is 296 g/mol. The van der Waals surface area contributed by atoms with Gasteiger partial charge in [0.25, 0.3) is 0 Å². The van der Waals surface area contributed by atoms with E-state index < -0.39 is 0 Å². The largest absolute Gasteiger partial charge is 0.449 e. The minimum Gasteiger partial charge on any atom is -0.449 e. The van der Waals surface area contributed by atoms with E-state index in [1.54, 1.807) is 9.42 Å². The molecule has 1 fully saturated rings. The molecule has 3 heterocycles. The summed E-state index contributed by atoms with van der Waals surface area (Å²) < 4.78 is 6.99. The van der Waals surface area contributed by atoms with Gasteiger partial charge >= 0.3 is 6.09 Å². The second-order valence-corrected chi connectivity index (χ2v) is 5.65. The van der Waals surface area contributed by atoms with Crippen molar-refractivity contribution in [3.63, 3.8) is 0 Å². The maximum absolute atomic E-state index is 11.9. The van der Waals surface area contributed by atoms with E-state index in [9.17, 15) is 4.79 Å². The van der Waals surface area contributed by atoms with Crippen molar-refractivity contribution in [3.05, 3.63) is 18.0 Å². The maximum atomic E-state index is 11.9. The predicted octanol–water partition coefficient (Wildman–Crippen LogP) is 1.49. The zero-order valence-corrected chi connectivity index (χ0v) is 13.6. The molecule has 0 radical (unpaired) electrons. The monoisotopic (exact) mass is 318 g/mol. The number of piperazine rings is 1. The average Bonchev–Trinajstić information content (AvgIpc) is 2.96. The SMILES string of the molecule is CCCCOC(=O)N1CCN(c2ccc3nnc(C)n3n2)CC1. The second kappa shape index (κ2) is 6.80. The maximum Gasteiger partial charge on any atom is 0.409 e. The summed E-state index contributed by atoms with van der Waals surface area (Å²) in [5.41, 5.74) is 0.740. The van der Waals surface area contributed by atoms with E-state index in [1.807, 2.05) is 19.1 Å². The van der Waals surface area contributed by atoms with Crippen LogP contribution in [-0.4, -0.2) is 63.6 Å². The molecule has 0 aromatic carbocycles. The summed E-state index contributed by atoms with van der Waals surface area (Å²) in [6.45, 7) is 7.22. The Bertz CT molecular complexity index is 678. The molecule has 8 heteroatoms. The minimum absolute atomic E-state index is 0.212. The summed E-state index contributed by atoms with van der Waals surface area (Å²) in [6.07, 6.45) is 1.72. The van der Waals surface area contributed by atoms with Crippen molar-refractivity contribution in [1.82, 2.24) is 24.7 Å². The first-order valence-electron chi connectivity index (χ1n) is 8.04. The Hall–Kier alpha value is -2.38. The van der Waals surface area contributed by atoms with Crippen molar-refractivity contribution in [3.8, 4) is 0 Å². The molecule has 0 aliphatic carbocycles. The number of hydrogen-bond donors (Lipinski definition) is 0. The molecular formula is C15H22N6O2. The van der Waals surface area contributed by atoms with Crippen LogP contribution in [0.5, 0.6) is 0 Å². The van der Waals surface area contributed by atoms with Crippen molar-refractivity contribution in [2.45, 2.75) is 26.7 Å². The van der Waals surface area contributed by atoms with Crippen LogP contribution in [0.1, 0.15) is 25.6 Å². The summed E-state index contributed by atoms with van der Waals surface area (Å²) in [4.78, 5) is 15.9. The lowest BCUT2D eigenvalue weighted by Crippen LogP contribution is -2.49. The third-order valence-corrected chi connectivity index (χ3v) is 3.99. The molecule has 1 aliphatic rings. The van der Waals surface area contributed by atoms with Crippen LogP contribution in [0, 0.1) is 6.92 Å². The van der Waals surface area contributed by atoms with Crippen LogP contribution in [0.15, 0.2) is 12.1 Å². The van der Waals surface area contributed by atoms with Gasteiger partial charge in [0.2, 0.25) is 0 Å². The molecule has 124 valence electrons. The van der Waals surface area contributed by atoms with Gasteiger partial charge < -0.3 is 14.5 Å². The van der Waals surface area contributed by atoms with Crippen molar-refractivity contribution in [2.24, 2.45) is 0 Å². The van der Waals surface area contributed by atoms with Gasteiger partial charge in [-0.15, -0.1) is 15.3 Å². The topological polar surface area (TPSA) is 75.9 Å². The van der Waals surface area contributed by atoms with E-state index >= 15 is 0 Å². The quantitative estimate of drug-likeness (QED) is 0.795. The fourth-order valence-electron chi connectivity index (χ4n) is 2.57. The summed E-state index contributed by atoms with van der Waals surface area (Å²) in [5, 5.41) is 12.6. The fraction of sp³-hybridized carbons (Fsp3) is 0.600. The van der Waals surface area contributed by atoms with Crippen LogP contribution in [0.2, 0.25) is 0 Å². The molecule has 23 heavy (non-hydrogen) atoms. The molecule has 0 N–H and O–H groups in total. The normalized spacial score (nSPS) is 15.2. The third kappa shape index (κ3) is 3.35. The molecule has 0 spiro atoms. The Morgan fingerprint density at radius 1 is 1.22 bits per heavy atom. The second-order valence-electron chi connectivity index (χ2n) is 5.65. The smallest absolute Gasteiger partial charge is 0.409 e. The highest BCUT2D eigenvalue weighted by Crippen LogP contribution is 2.15. The molecule has 8 nitrogen and oxygen atoms in total. The third-order valence-electron chi connectivity index (χ3n) is 3.99. The summed E-state index contributed by atoms with van der Waals surface area (Å²) in [7, 11) is 0. The number of carbonyl (C=O) groups excluding carboxylic acids is 1. The zero-order chi connectivity index (χ0) is 16.2. The van der Waals surface area contributed by atoms with Crippen molar-refractivity contribution < 1.29 is 9.53 Å². The molecule has 0 bridgehead atoms. The van der Waals surface area contributed by atoms with Gasteiger partial charge in [-0.05, 0) is 25.5 Å². The van der Waals surface area contributed by atoms with Gasteiger partial charge in [-0.3, -0.25) is 0 Å². The Labute approximate surface area is 135 Å². The standard InChI is InChI=1S/C15H22N6O2/c1-3-4-11-23-15(22)20-9-7-19(8-10-20)14-6-5-13-17-16-12(2)21(13)18-14/h5-6H,3-4,7-11H2,1-2H3. The highest BCUT2D eigenvalue weighted by molar-refractivity contribution is 5.68. The highest BCUT2D eigenvalue weighted by atomic mass is 16.6. The first kappa shape index (κ1) is 15.5. The molecule has 1 amide bonds. The molecule has 0 atom stereocenters. The summed E-state index contributed by atoms with van der Waals surface area (Å²) >= 11 is 0. The Morgan fingerprint density at radius 3 is 2.74 bits per heavy atom. The van der Waals surface area contributed by atoms with Gasteiger partial charge in [0.05, 0.1) is 6.61 Å². The molecule has 0 saturated carbocycles. The highest BCUT2D eigenvalue weighted by Gasteiger charge is 2.23. The number of aromatic nitrogens is 4. The van der Waals surface area contributed by atoms with Crippen molar-refractivity contribution >= 4 is 17.6 Å². The number of aryl methyl sites for hydroxylation is 1. The van der Waals surface area contributed by atoms with E-state index in [0.717, 1.165) is 43.2 Å². The van der Waals surface area contributed by atoms with Crippen LogP contribution >= 0.6 is 0 Å². The van der Waals surface area contributed by atoms with Gasteiger partial charge in [-0.1, -0.05) is 13.3 Å². The molecule has 2 aromatic heterocycles. The fourth-order valence-corrected chi connectivity index (χ4v) is 2.57. The predicted molar refractivity (Wildman–Crippen MR) is 85.6 cm³/mol. The van der Waals surface area contributed by atoms with E-state index in [0.29, 0.717) is 19.7 Å². The van der Waals surface area contributed by atoms with Crippen LogP contribution in [0.25, 0.3) is 5.65 Å². The number of amides is 1.